The summed E-state index contributed by atoms with van der Waals surface area (Å²) in [6, 6.07) is 0. The molecular weight excluding hydrogens is 180 g/mol. The first-order chi connectivity index (χ1) is 5.69. The van der Waals surface area contributed by atoms with Gasteiger partial charge in [-0.15, -0.1) is 0 Å². The second-order valence-corrected chi connectivity index (χ2v) is 2.92. The average molecular weight is 191 g/mol. The molecule has 1 heterocycles. The number of carbonyl (C=O) groups excluding carboxylic acids is 1. The molecule has 0 aromatic carbocycles. The molecular formula is C8H11ClO3. The lowest BCUT2D eigenvalue weighted by atomic mass is 10.1. The first-order valence-electron chi connectivity index (χ1n) is 3.78. The van der Waals surface area contributed by atoms with E-state index in [0.717, 1.165) is 0 Å². The molecule has 0 N–H and O–H groups in total. The third-order valence-electron chi connectivity index (χ3n) is 1.71. The van der Waals surface area contributed by atoms with Gasteiger partial charge in [-0.1, -0.05) is 18.5 Å². The largest absolute Gasteiger partial charge is 0.352 e. The van der Waals surface area contributed by atoms with Crippen LogP contribution >= 0.6 is 11.6 Å². The minimum absolute atomic E-state index is 0.160. The summed E-state index contributed by atoms with van der Waals surface area (Å²) >= 11 is 5.67. The van der Waals surface area contributed by atoms with Gasteiger partial charge < -0.3 is 9.47 Å². The van der Waals surface area contributed by atoms with Crippen molar-refractivity contribution in [1.29, 1.82) is 0 Å². The van der Waals surface area contributed by atoms with Crippen molar-refractivity contribution in [2.24, 2.45) is 0 Å². The van der Waals surface area contributed by atoms with Crippen LogP contribution in [0.15, 0.2) is 11.1 Å². The first-order valence-corrected chi connectivity index (χ1v) is 4.16. The highest BCUT2D eigenvalue weighted by atomic mass is 35.5. The van der Waals surface area contributed by atoms with Crippen LogP contribution in [0.1, 0.15) is 13.3 Å². The predicted octanol–water partition coefficient (Wildman–Crippen LogP) is 1.46. The SMILES string of the molecule is CCC1OC(OC)C=C(Cl)C1=O. The number of rotatable bonds is 2. The van der Waals surface area contributed by atoms with Crippen molar-refractivity contribution in [3.8, 4) is 0 Å². The fourth-order valence-electron chi connectivity index (χ4n) is 1.02. The molecule has 3 nitrogen and oxygen atoms in total. The van der Waals surface area contributed by atoms with E-state index in [0.29, 0.717) is 6.42 Å². The summed E-state index contributed by atoms with van der Waals surface area (Å²) < 4.78 is 10.1. The van der Waals surface area contributed by atoms with Gasteiger partial charge in [0.05, 0.1) is 5.03 Å². The van der Waals surface area contributed by atoms with Gasteiger partial charge in [-0.05, 0) is 12.5 Å². The highest BCUT2D eigenvalue weighted by Crippen LogP contribution is 2.20. The standard InChI is InChI=1S/C8H11ClO3/c1-3-6-8(10)5(9)4-7(11-2)12-6/h4,6-7H,3H2,1-2H3. The van der Waals surface area contributed by atoms with Crippen LogP contribution in [0, 0.1) is 0 Å². The Hall–Kier alpha value is -0.380. The molecule has 12 heavy (non-hydrogen) atoms. The number of carbonyl (C=O) groups is 1. The van der Waals surface area contributed by atoms with E-state index < -0.39 is 12.4 Å². The van der Waals surface area contributed by atoms with Gasteiger partial charge in [-0.2, -0.15) is 0 Å². The average Bonchev–Trinajstić information content (AvgIpc) is 2.09. The molecule has 2 atom stereocenters. The van der Waals surface area contributed by atoms with Crippen LogP contribution in [0.4, 0.5) is 0 Å². The van der Waals surface area contributed by atoms with Crippen molar-refractivity contribution >= 4 is 17.4 Å². The molecule has 0 aromatic heterocycles. The summed E-state index contributed by atoms with van der Waals surface area (Å²) in [5.41, 5.74) is 0. The second-order valence-electron chi connectivity index (χ2n) is 2.52. The molecule has 0 radical (unpaired) electrons. The third kappa shape index (κ3) is 1.86. The van der Waals surface area contributed by atoms with Crippen molar-refractivity contribution in [2.45, 2.75) is 25.7 Å². The normalized spacial score (nSPS) is 30.2. The Morgan fingerprint density at radius 3 is 2.92 bits per heavy atom. The van der Waals surface area contributed by atoms with E-state index in [1.807, 2.05) is 6.92 Å². The second kappa shape index (κ2) is 4.03. The smallest absolute Gasteiger partial charge is 0.202 e. The lowest BCUT2D eigenvalue weighted by Gasteiger charge is -2.24. The summed E-state index contributed by atoms with van der Waals surface area (Å²) in [5.74, 6) is -0.160. The minimum atomic E-state index is -0.486. The van der Waals surface area contributed by atoms with E-state index in [1.54, 1.807) is 0 Å². The number of halogens is 1. The number of ketones is 1. The van der Waals surface area contributed by atoms with Gasteiger partial charge >= 0.3 is 0 Å². The van der Waals surface area contributed by atoms with E-state index in [1.165, 1.54) is 13.2 Å². The van der Waals surface area contributed by atoms with Crippen LogP contribution in [0.2, 0.25) is 0 Å². The monoisotopic (exact) mass is 190 g/mol. The molecule has 2 unspecified atom stereocenters. The first kappa shape index (κ1) is 9.71. The van der Waals surface area contributed by atoms with Crippen molar-refractivity contribution < 1.29 is 14.3 Å². The van der Waals surface area contributed by atoms with Gasteiger partial charge in [0.1, 0.15) is 6.10 Å². The molecule has 1 aliphatic rings. The fourth-order valence-corrected chi connectivity index (χ4v) is 1.25. The van der Waals surface area contributed by atoms with Gasteiger partial charge in [-0.25, -0.2) is 0 Å². The van der Waals surface area contributed by atoms with Crippen LogP contribution in [-0.2, 0) is 14.3 Å². The number of hydrogen-bond acceptors (Lipinski definition) is 3. The molecule has 0 saturated heterocycles. The molecule has 68 valence electrons. The molecule has 1 rings (SSSR count). The van der Waals surface area contributed by atoms with E-state index in [9.17, 15) is 4.79 Å². The molecule has 0 saturated carbocycles. The maximum Gasteiger partial charge on any atom is 0.202 e. The number of ether oxygens (including phenoxy) is 2. The van der Waals surface area contributed by atoms with E-state index >= 15 is 0 Å². The number of Topliss-reactive ketones (excluding diaryl/α,β-unsaturated/α-hetero) is 1. The van der Waals surface area contributed by atoms with Crippen LogP contribution in [0.25, 0.3) is 0 Å². The molecule has 1 aliphatic heterocycles. The Kier molecular flexibility index (Phi) is 3.26. The molecule has 0 fully saturated rings. The summed E-state index contributed by atoms with van der Waals surface area (Å²) in [6.45, 7) is 1.87. The van der Waals surface area contributed by atoms with E-state index in [-0.39, 0.29) is 10.8 Å². The zero-order chi connectivity index (χ0) is 9.14. The van der Waals surface area contributed by atoms with Gasteiger partial charge in [0.15, 0.2) is 6.29 Å². The summed E-state index contributed by atoms with van der Waals surface area (Å²) in [6.07, 6.45) is 1.14. The number of methoxy groups -OCH3 is 1. The minimum Gasteiger partial charge on any atom is -0.352 e. The molecule has 0 amide bonds. The molecule has 0 aliphatic carbocycles. The quantitative estimate of drug-likeness (QED) is 0.662. The van der Waals surface area contributed by atoms with E-state index in [4.69, 9.17) is 21.1 Å². The Bertz CT molecular complexity index is 212. The zero-order valence-corrected chi connectivity index (χ0v) is 7.80. The lowest BCUT2D eigenvalue weighted by molar-refractivity contribution is -0.155. The fraction of sp³-hybridized carbons (Fsp3) is 0.625. The van der Waals surface area contributed by atoms with Crippen LogP contribution < -0.4 is 0 Å². The van der Waals surface area contributed by atoms with Crippen molar-refractivity contribution in [3.63, 3.8) is 0 Å². The topological polar surface area (TPSA) is 35.5 Å². The Morgan fingerprint density at radius 1 is 1.75 bits per heavy atom. The molecule has 4 heteroatoms. The van der Waals surface area contributed by atoms with Gasteiger partial charge in [0, 0.05) is 7.11 Å². The van der Waals surface area contributed by atoms with Crippen molar-refractivity contribution in [2.75, 3.05) is 7.11 Å². The molecule has 0 bridgehead atoms. The van der Waals surface area contributed by atoms with Crippen LogP contribution in [-0.4, -0.2) is 25.3 Å². The Labute approximate surface area is 76.3 Å². The van der Waals surface area contributed by atoms with Crippen molar-refractivity contribution in [1.82, 2.24) is 0 Å². The predicted molar refractivity (Wildman–Crippen MR) is 44.9 cm³/mol. The summed E-state index contributed by atoms with van der Waals surface area (Å²) in [4.78, 5) is 11.2. The summed E-state index contributed by atoms with van der Waals surface area (Å²) in [5, 5.41) is 0.208. The zero-order valence-electron chi connectivity index (χ0n) is 7.04. The molecule has 0 spiro atoms. The van der Waals surface area contributed by atoms with Gasteiger partial charge in [0.25, 0.3) is 0 Å². The van der Waals surface area contributed by atoms with Crippen LogP contribution in [0.5, 0.6) is 0 Å². The maximum atomic E-state index is 11.2. The van der Waals surface area contributed by atoms with Crippen molar-refractivity contribution in [3.05, 3.63) is 11.1 Å². The van der Waals surface area contributed by atoms with E-state index in [2.05, 4.69) is 0 Å². The van der Waals surface area contributed by atoms with Gasteiger partial charge in [0.2, 0.25) is 5.78 Å². The lowest BCUT2D eigenvalue weighted by Crippen LogP contribution is -2.33. The molecule has 0 aromatic rings. The third-order valence-corrected chi connectivity index (χ3v) is 2.02. The highest BCUT2D eigenvalue weighted by molar-refractivity contribution is 6.43. The maximum absolute atomic E-state index is 11.2. The van der Waals surface area contributed by atoms with Gasteiger partial charge in [-0.3, -0.25) is 4.79 Å². The Balaban J connectivity index is 2.76. The Morgan fingerprint density at radius 2 is 2.42 bits per heavy atom. The highest BCUT2D eigenvalue weighted by Gasteiger charge is 2.28. The summed E-state index contributed by atoms with van der Waals surface area (Å²) in [7, 11) is 1.51. The van der Waals surface area contributed by atoms with Crippen LogP contribution in [0.3, 0.4) is 0 Å². The number of hydrogen-bond donors (Lipinski definition) is 0.